The van der Waals surface area contributed by atoms with E-state index in [0.717, 1.165) is 6.29 Å². The molecule has 0 spiro atoms. The van der Waals surface area contributed by atoms with Crippen LogP contribution in [0, 0.1) is 0 Å². The average Bonchev–Trinajstić information content (AvgIpc) is 1.68. The summed E-state index contributed by atoms with van der Waals surface area (Å²) in [6, 6.07) is 0. The van der Waals surface area contributed by atoms with Crippen molar-refractivity contribution in [2.75, 3.05) is 7.05 Å². The Kier molecular flexibility index (Phi) is 3.66. The Labute approximate surface area is 48.6 Å². The van der Waals surface area contributed by atoms with Crippen molar-refractivity contribution >= 4 is 6.29 Å². The van der Waals surface area contributed by atoms with Crippen LogP contribution in [0.5, 0.6) is 0 Å². The molecule has 3 heteroatoms. The van der Waals surface area contributed by atoms with Gasteiger partial charge >= 0.3 is 0 Å². The van der Waals surface area contributed by atoms with E-state index in [1.54, 1.807) is 13.2 Å². The lowest BCUT2D eigenvalue weighted by molar-refractivity contribution is -0.107. The van der Waals surface area contributed by atoms with Gasteiger partial charge in [0.2, 0.25) is 0 Å². The lowest BCUT2D eigenvalue weighted by Gasteiger charge is -1.91. The maximum atomic E-state index is 9.74. The Balaban J connectivity index is 3.44. The average molecular weight is 114 g/mol. The van der Waals surface area contributed by atoms with Crippen LogP contribution in [0.4, 0.5) is 0 Å². The molecule has 0 aromatic rings. The lowest BCUT2D eigenvalue weighted by Crippen LogP contribution is -2.04. The normalized spacial score (nSPS) is 10.9. The monoisotopic (exact) mass is 114 g/mol. The van der Waals surface area contributed by atoms with E-state index in [0.29, 0.717) is 12.1 Å². The smallest absolute Gasteiger partial charge is 0.125 e. The van der Waals surface area contributed by atoms with Crippen molar-refractivity contribution in [2.45, 2.75) is 6.42 Å². The number of rotatable bonds is 3. The van der Waals surface area contributed by atoms with Gasteiger partial charge in [0.25, 0.3) is 0 Å². The summed E-state index contributed by atoms with van der Waals surface area (Å²) in [5.74, 6) is 0. The molecule has 46 valence electrons. The van der Waals surface area contributed by atoms with Crippen LogP contribution in [-0.4, -0.2) is 13.3 Å². The molecule has 0 aromatic heterocycles. The summed E-state index contributed by atoms with van der Waals surface area (Å²) >= 11 is 0. The first-order valence-corrected chi connectivity index (χ1v) is 2.36. The Hall–Kier alpha value is -0.990. The third kappa shape index (κ3) is 3.21. The molecule has 0 unspecified atom stereocenters. The molecular formula is C5H10N2O. The number of nitrogens with one attached hydrogen (secondary N) is 1. The largest absolute Gasteiger partial charge is 0.401 e. The van der Waals surface area contributed by atoms with E-state index in [4.69, 9.17) is 5.73 Å². The molecule has 0 atom stereocenters. The van der Waals surface area contributed by atoms with Crippen molar-refractivity contribution in [1.29, 1.82) is 0 Å². The molecule has 3 nitrogen and oxygen atoms in total. The highest BCUT2D eigenvalue weighted by molar-refractivity contribution is 5.53. The quantitative estimate of drug-likeness (QED) is 0.490. The molecule has 0 amide bonds. The molecule has 0 aliphatic rings. The molecule has 0 aliphatic heterocycles. The van der Waals surface area contributed by atoms with Crippen molar-refractivity contribution in [3.05, 3.63) is 11.9 Å². The topological polar surface area (TPSA) is 55.1 Å². The van der Waals surface area contributed by atoms with Gasteiger partial charge in [-0.05, 0) is 0 Å². The fraction of sp³-hybridized carbons (Fsp3) is 0.400. The number of aldehydes is 1. The van der Waals surface area contributed by atoms with E-state index in [-0.39, 0.29) is 0 Å². The second-order valence-electron chi connectivity index (χ2n) is 1.38. The minimum absolute atomic E-state index is 0.306. The maximum absolute atomic E-state index is 9.74. The van der Waals surface area contributed by atoms with Gasteiger partial charge in [-0.15, -0.1) is 0 Å². The number of carbonyl (C=O) groups excluding carboxylic acids is 1. The van der Waals surface area contributed by atoms with E-state index in [1.807, 2.05) is 0 Å². The van der Waals surface area contributed by atoms with E-state index < -0.39 is 0 Å². The molecule has 0 aromatic carbocycles. The van der Waals surface area contributed by atoms with Crippen LogP contribution in [0.15, 0.2) is 11.9 Å². The third-order valence-corrected chi connectivity index (χ3v) is 0.649. The van der Waals surface area contributed by atoms with Gasteiger partial charge in [0.1, 0.15) is 6.29 Å². The molecule has 8 heavy (non-hydrogen) atoms. The van der Waals surface area contributed by atoms with E-state index in [9.17, 15) is 4.79 Å². The molecule has 0 saturated carbocycles. The first kappa shape index (κ1) is 7.01. The summed E-state index contributed by atoms with van der Waals surface area (Å²) in [5.41, 5.74) is 5.82. The van der Waals surface area contributed by atoms with Crippen molar-refractivity contribution < 1.29 is 4.79 Å². The van der Waals surface area contributed by atoms with Crippen LogP contribution in [0.25, 0.3) is 0 Å². The first-order chi connectivity index (χ1) is 3.81. The van der Waals surface area contributed by atoms with Crippen LogP contribution < -0.4 is 11.1 Å². The number of hydrogen-bond acceptors (Lipinski definition) is 3. The zero-order valence-electron chi connectivity index (χ0n) is 4.85. The first-order valence-electron chi connectivity index (χ1n) is 2.36. The van der Waals surface area contributed by atoms with Gasteiger partial charge in [-0.2, -0.15) is 0 Å². The van der Waals surface area contributed by atoms with Crippen LogP contribution in [-0.2, 0) is 4.79 Å². The van der Waals surface area contributed by atoms with Crippen molar-refractivity contribution in [2.24, 2.45) is 5.73 Å². The summed E-state index contributed by atoms with van der Waals surface area (Å²) in [4.78, 5) is 9.74. The maximum Gasteiger partial charge on any atom is 0.125 e. The fourth-order valence-electron chi connectivity index (χ4n) is 0.341. The summed E-state index contributed by atoms with van der Waals surface area (Å²) in [5, 5.41) is 2.71. The third-order valence-electron chi connectivity index (χ3n) is 0.649. The Bertz CT molecular complexity index is 98.6. The van der Waals surface area contributed by atoms with Gasteiger partial charge in [-0.3, -0.25) is 0 Å². The van der Waals surface area contributed by atoms with Crippen LogP contribution in [0.1, 0.15) is 6.42 Å². The van der Waals surface area contributed by atoms with Gasteiger partial charge in [0.05, 0.1) is 0 Å². The number of allylic oxidation sites excluding steroid dienone is 1. The van der Waals surface area contributed by atoms with Crippen molar-refractivity contribution in [3.8, 4) is 0 Å². The molecule has 0 heterocycles. The van der Waals surface area contributed by atoms with E-state index in [2.05, 4.69) is 5.32 Å². The Morgan fingerprint density at radius 3 is 2.88 bits per heavy atom. The van der Waals surface area contributed by atoms with Gasteiger partial charge in [-0.25, -0.2) is 0 Å². The highest BCUT2D eigenvalue weighted by Gasteiger charge is 1.82. The van der Waals surface area contributed by atoms with Gasteiger partial charge < -0.3 is 15.8 Å². The highest BCUT2D eigenvalue weighted by Crippen LogP contribution is 1.82. The molecule has 0 bridgehead atoms. The minimum atomic E-state index is 0.306. The fourth-order valence-corrected chi connectivity index (χ4v) is 0.341. The van der Waals surface area contributed by atoms with Gasteiger partial charge in [0, 0.05) is 25.4 Å². The summed E-state index contributed by atoms with van der Waals surface area (Å²) in [6.07, 6.45) is 2.67. The van der Waals surface area contributed by atoms with Crippen LogP contribution in [0.3, 0.4) is 0 Å². The predicted octanol–water partition coefficient (Wildman–Crippen LogP) is -0.405. The number of nitrogens with two attached hydrogens (primary N) is 1. The van der Waals surface area contributed by atoms with E-state index in [1.165, 1.54) is 0 Å². The molecule has 0 fully saturated rings. The molecular weight excluding hydrogens is 104 g/mol. The second-order valence-corrected chi connectivity index (χ2v) is 1.38. The van der Waals surface area contributed by atoms with Crippen LogP contribution >= 0.6 is 0 Å². The Morgan fingerprint density at radius 2 is 2.50 bits per heavy atom. The van der Waals surface area contributed by atoms with E-state index >= 15 is 0 Å². The molecule has 0 radical (unpaired) electrons. The lowest BCUT2D eigenvalue weighted by atomic mass is 10.4. The van der Waals surface area contributed by atoms with Gasteiger partial charge in [0.15, 0.2) is 0 Å². The van der Waals surface area contributed by atoms with Crippen molar-refractivity contribution in [1.82, 2.24) is 5.32 Å². The molecule has 0 saturated heterocycles. The Morgan fingerprint density at radius 1 is 1.88 bits per heavy atom. The highest BCUT2D eigenvalue weighted by atomic mass is 16.1. The zero-order valence-corrected chi connectivity index (χ0v) is 4.85. The zero-order chi connectivity index (χ0) is 6.41. The van der Waals surface area contributed by atoms with Gasteiger partial charge in [-0.1, -0.05) is 0 Å². The van der Waals surface area contributed by atoms with Crippen LogP contribution in [0.2, 0.25) is 0 Å². The summed E-state index contributed by atoms with van der Waals surface area (Å²) in [7, 11) is 1.73. The SMILES string of the molecule is CN/C=C(\N)CC=O. The molecule has 0 aliphatic carbocycles. The molecule has 3 N–H and O–H groups in total. The second kappa shape index (κ2) is 4.18. The predicted molar refractivity (Wildman–Crippen MR) is 32.0 cm³/mol. The molecule has 0 rings (SSSR count). The number of hydrogen-bond donors (Lipinski definition) is 2. The summed E-state index contributed by atoms with van der Waals surface area (Å²) in [6.45, 7) is 0. The summed E-state index contributed by atoms with van der Waals surface area (Å²) < 4.78 is 0. The minimum Gasteiger partial charge on any atom is -0.401 e. The standard InChI is InChI=1S/C5H10N2O/c1-7-4-5(6)2-3-8/h3-4,7H,2,6H2,1H3/b5-4-. The van der Waals surface area contributed by atoms with Crippen molar-refractivity contribution in [3.63, 3.8) is 0 Å². The number of carbonyl (C=O) groups is 1.